The number of carbonyl (C=O) groups is 1. The topological polar surface area (TPSA) is 82.2 Å². The van der Waals surface area contributed by atoms with Gasteiger partial charge in [-0.2, -0.15) is 0 Å². The minimum absolute atomic E-state index is 0.172. The Hall–Kier alpha value is -2.50. The van der Waals surface area contributed by atoms with Gasteiger partial charge in [0.25, 0.3) is 5.91 Å². The molecular formula is C15H20N4O2. The molecule has 0 saturated carbocycles. The van der Waals surface area contributed by atoms with Crippen LogP contribution in [0.25, 0.3) is 0 Å². The maximum absolute atomic E-state index is 12.1. The summed E-state index contributed by atoms with van der Waals surface area (Å²) in [7, 11) is 1.56. The molecule has 6 nitrogen and oxygen atoms in total. The van der Waals surface area contributed by atoms with Gasteiger partial charge >= 0.3 is 0 Å². The van der Waals surface area contributed by atoms with E-state index in [9.17, 15) is 4.79 Å². The predicted octanol–water partition coefficient (Wildman–Crippen LogP) is 1.68. The molecule has 21 heavy (non-hydrogen) atoms. The lowest BCUT2D eigenvalue weighted by Crippen LogP contribution is -2.25. The number of nitrogens with one attached hydrogen (secondary N) is 1. The number of rotatable bonds is 7. The lowest BCUT2D eigenvalue weighted by atomic mass is 10.1. The third kappa shape index (κ3) is 4.24. The summed E-state index contributed by atoms with van der Waals surface area (Å²) in [6.45, 7) is 1.52. The van der Waals surface area contributed by atoms with Gasteiger partial charge in [0.2, 0.25) is 0 Å². The molecule has 1 amide bonds. The monoisotopic (exact) mass is 288 g/mol. The highest BCUT2D eigenvalue weighted by molar-refractivity contribution is 5.99. The van der Waals surface area contributed by atoms with Crippen LogP contribution < -0.4 is 15.8 Å². The summed E-state index contributed by atoms with van der Waals surface area (Å²) in [4.78, 5) is 16.0. The van der Waals surface area contributed by atoms with Crippen LogP contribution in [-0.4, -0.2) is 29.1 Å². The lowest BCUT2D eigenvalue weighted by Gasteiger charge is -2.09. The highest BCUT2D eigenvalue weighted by atomic mass is 16.5. The van der Waals surface area contributed by atoms with Gasteiger partial charge in [0.05, 0.1) is 19.0 Å². The highest BCUT2D eigenvalue weighted by Crippen LogP contribution is 2.19. The molecule has 2 rings (SSSR count). The minimum atomic E-state index is -0.172. The highest BCUT2D eigenvalue weighted by Gasteiger charge is 2.10. The third-order valence-corrected chi connectivity index (χ3v) is 3.19. The number of imidazole rings is 1. The Morgan fingerprint density at radius 2 is 2.29 bits per heavy atom. The largest absolute Gasteiger partial charge is 0.497 e. The fraction of sp³-hybridized carbons (Fsp3) is 0.333. The second-order valence-corrected chi connectivity index (χ2v) is 4.72. The fourth-order valence-electron chi connectivity index (χ4n) is 1.99. The third-order valence-electron chi connectivity index (χ3n) is 3.19. The molecule has 3 N–H and O–H groups in total. The van der Waals surface area contributed by atoms with Crippen molar-refractivity contribution in [3.05, 3.63) is 42.5 Å². The van der Waals surface area contributed by atoms with Gasteiger partial charge < -0.3 is 20.4 Å². The van der Waals surface area contributed by atoms with Gasteiger partial charge in [-0.05, 0) is 31.0 Å². The van der Waals surface area contributed by atoms with Crippen LogP contribution in [0, 0.1) is 0 Å². The van der Waals surface area contributed by atoms with E-state index < -0.39 is 0 Å². The van der Waals surface area contributed by atoms with Crippen LogP contribution in [0.15, 0.2) is 36.9 Å². The number of benzene rings is 1. The van der Waals surface area contributed by atoms with Gasteiger partial charge in [-0.25, -0.2) is 4.98 Å². The Morgan fingerprint density at radius 1 is 1.43 bits per heavy atom. The molecule has 6 heteroatoms. The van der Waals surface area contributed by atoms with Gasteiger partial charge in [0, 0.05) is 31.2 Å². The first kappa shape index (κ1) is 14.9. The van der Waals surface area contributed by atoms with E-state index in [0.29, 0.717) is 23.5 Å². The molecule has 0 saturated heterocycles. The summed E-state index contributed by atoms with van der Waals surface area (Å²) >= 11 is 0. The zero-order valence-corrected chi connectivity index (χ0v) is 12.1. The van der Waals surface area contributed by atoms with Crippen LogP contribution in [0.3, 0.4) is 0 Å². The minimum Gasteiger partial charge on any atom is -0.497 e. The normalized spacial score (nSPS) is 10.3. The molecule has 1 aromatic carbocycles. The molecule has 0 radical (unpaired) electrons. The van der Waals surface area contributed by atoms with Crippen LogP contribution >= 0.6 is 0 Å². The van der Waals surface area contributed by atoms with E-state index in [-0.39, 0.29) is 5.91 Å². The number of ether oxygens (including phenoxy) is 1. The number of hydrogen-bond acceptors (Lipinski definition) is 4. The van der Waals surface area contributed by atoms with E-state index in [1.807, 2.05) is 10.8 Å². The van der Waals surface area contributed by atoms with Gasteiger partial charge in [-0.1, -0.05) is 0 Å². The van der Waals surface area contributed by atoms with E-state index >= 15 is 0 Å². The Morgan fingerprint density at radius 3 is 3.00 bits per heavy atom. The smallest absolute Gasteiger partial charge is 0.253 e. The number of nitrogens with two attached hydrogens (primary N) is 1. The number of unbranched alkanes of at least 4 members (excludes halogenated alkanes) is 1. The van der Waals surface area contributed by atoms with Crippen LogP contribution in [0.2, 0.25) is 0 Å². The van der Waals surface area contributed by atoms with E-state index in [2.05, 4.69) is 10.3 Å². The first-order chi connectivity index (χ1) is 10.2. The molecule has 112 valence electrons. The molecule has 0 atom stereocenters. The predicted molar refractivity (Wildman–Crippen MR) is 81.2 cm³/mol. The van der Waals surface area contributed by atoms with Gasteiger partial charge in [-0.15, -0.1) is 0 Å². The zero-order chi connectivity index (χ0) is 15.1. The van der Waals surface area contributed by atoms with Gasteiger partial charge in [0.15, 0.2) is 0 Å². The maximum atomic E-state index is 12.1. The molecule has 0 aliphatic heterocycles. The van der Waals surface area contributed by atoms with E-state index in [0.717, 1.165) is 19.4 Å². The van der Waals surface area contributed by atoms with Gasteiger partial charge in [0.1, 0.15) is 5.75 Å². The first-order valence-electron chi connectivity index (χ1n) is 6.88. The summed E-state index contributed by atoms with van der Waals surface area (Å²) in [5.41, 5.74) is 6.71. The van der Waals surface area contributed by atoms with Crippen molar-refractivity contribution in [1.82, 2.24) is 14.9 Å². The first-order valence-corrected chi connectivity index (χ1v) is 6.88. The molecule has 0 spiro atoms. The quantitative estimate of drug-likeness (QED) is 0.600. The van der Waals surface area contributed by atoms with Crippen molar-refractivity contribution in [3.63, 3.8) is 0 Å². The van der Waals surface area contributed by atoms with Crippen LogP contribution in [0.4, 0.5) is 5.69 Å². The van der Waals surface area contributed by atoms with Crippen LogP contribution in [0.1, 0.15) is 23.2 Å². The number of hydrogen-bond donors (Lipinski definition) is 2. The number of methoxy groups -OCH3 is 1. The average molecular weight is 288 g/mol. The van der Waals surface area contributed by atoms with Crippen molar-refractivity contribution in [2.24, 2.45) is 0 Å². The molecule has 0 fully saturated rings. The molecule has 1 heterocycles. The number of anilines is 1. The van der Waals surface area contributed by atoms with E-state index in [4.69, 9.17) is 10.5 Å². The SMILES string of the molecule is COc1ccc(N)c(C(=O)NCCCCn2ccnc2)c1. The molecular weight excluding hydrogens is 268 g/mol. The van der Waals surface area contributed by atoms with Crippen molar-refractivity contribution < 1.29 is 9.53 Å². The van der Waals surface area contributed by atoms with Crippen molar-refractivity contribution in [2.75, 3.05) is 19.4 Å². The standard InChI is InChI=1S/C15H20N4O2/c1-21-12-4-5-14(16)13(10-12)15(20)18-6-2-3-8-19-9-7-17-11-19/h4-5,7,9-11H,2-3,6,8,16H2,1H3,(H,18,20). The Balaban J connectivity index is 1.76. The molecule has 0 aliphatic carbocycles. The van der Waals surface area contributed by atoms with Crippen LogP contribution in [0.5, 0.6) is 5.75 Å². The van der Waals surface area contributed by atoms with E-state index in [1.165, 1.54) is 0 Å². The molecule has 0 aliphatic rings. The van der Waals surface area contributed by atoms with E-state index in [1.54, 1.807) is 37.8 Å². The molecule has 1 aromatic heterocycles. The van der Waals surface area contributed by atoms with Gasteiger partial charge in [-0.3, -0.25) is 4.79 Å². The zero-order valence-electron chi connectivity index (χ0n) is 12.1. The Kier molecular flexibility index (Phi) is 5.20. The molecule has 0 bridgehead atoms. The summed E-state index contributed by atoms with van der Waals surface area (Å²) in [6.07, 6.45) is 7.34. The Labute approximate surface area is 123 Å². The fourth-order valence-corrected chi connectivity index (χ4v) is 1.99. The van der Waals surface area contributed by atoms with Crippen molar-refractivity contribution >= 4 is 11.6 Å². The maximum Gasteiger partial charge on any atom is 0.253 e. The number of aryl methyl sites for hydroxylation is 1. The number of carbonyl (C=O) groups excluding carboxylic acids is 1. The summed E-state index contributed by atoms with van der Waals surface area (Å²) in [5.74, 6) is 0.448. The summed E-state index contributed by atoms with van der Waals surface area (Å²) in [6, 6.07) is 5.06. The second kappa shape index (κ2) is 7.33. The number of nitrogens with zero attached hydrogens (tertiary/aromatic N) is 2. The number of aromatic nitrogens is 2. The average Bonchev–Trinajstić information content (AvgIpc) is 3.00. The number of nitrogen functional groups attached to an aromatic ring is 1. The van der Waals surface area contributed by atoms with Crippen molar-refractivity contribution in [1.29, 1.82) is 0 Å². The van der Waals surface area contributed by atoms with Crippen molar-refractivity contribution in [2.45, 2.75) is 19.4 Å². The lowest BCUT2D eigenvalue weighted by molar-refractivity contribution is 0.0953. The molecule has 2 aromatic rings. The van der Waals surface area contributed by atoms with Crippen LogP contribution in [-0.2, 0) is 6.54 Å². The van der Waals surface area contributed by atoms with Crippen molar-refractivity contribution in [3.8, 4) is 5.75 Å². The Bertz CT molecular complexity index is 581. The second-order valence-electron chi connectivity index (χ2n) is 4.72. The summed E-state index contributed by atoms with van der Waals surface area (Å²) < 4.78 is 7.12. The number of amides is 1. The summed E-state index contributed by atoms with van der Waals surface area (Å²) in [5, 5.41) is 2.87. The molecule has 0 unspecified atom stereocenters.